The van der Waals surface area contributed by atoms with E-state index in [-0.39, 0.29) is 0 Å². The van der Waals surface area contributed by atoms with Crippen LogP contribution in [-0.4, -0.2) is 0 Å². The van der Waals surface area contributed by atoms with Gasteiger partial charge in [-0.1, -0.05) is 66.7 Å². The van der Waals surface area contributed by atoms with E-state index >= 15 is 0 Å². The van der Waals surface area contributed by atoms with Gasteiger partial charge in [0, 0.05) is 0 Å². The van der Waals surface area contributed by atoms with E-state index in [0.29, 0.717) is 6.61 Å². The molecule has 0 fully saturated rings. The number of hydrogen-bond acceptors (Lipinski definition) is 1. The molecule has 2 rings (SSSR count). The van der Waals surface area contributed by atoms with Crippen molar-refractivity contribution in [2.24, 2.45) is 0 Å². The summed E-state index contributed by atoms with van der Waals surface area (Å²) in [6.45, 7) is 2.67. The van der Waals surface area contributed by atoms with Crippen molar-refractivity contribution in [2.45, 2.75) is 13.5 Å². The first-order valence-electron chi connectivity index (χ1n) is 6.40. The third kappa shape index (κ3) is 4.84. The van der Waals surface area contributed by atoms with E-state index in [2.05, 4.69) is 37.3 Å². The van der Waals surface area contributed by atoms with Gasteiger partial charge >= 0.3 is 0 Å². The standard InChI is InChI=1S/C18H18O/c1-16(14-17-8-4-2-5-9-17)12-13-19-15-18-10-6-3-7-11-18/h2-14H,15H2,1H3/b13-12+,16-14-. The van der Waals surface area contributed by atoms with E-state index in [1.807, 2.05) is 42.5 Å². The molecule has 0 aromatic heterocycles. The molecule has 0 aliphatic heterocycles. The van der Waals surface area contributed by atoms with Gasteiger partial charge in [-0.15, -0.1) is 0 Å². The van der Waals surface area contributed by atoms with Crippen molar-refractivity contribution in [3.63, 3.8) is 0 Å². The van der Waals surface area contributed by atoms with Crippen molar-refractivity contribution >= 4 is 6.08 Å². The van der Waals surface area contributed by atoms with Crippen LogP contribution in [-0.2, 0) is 11.3 Å². The molecule has 0 spiro atoms. The maximum atomic E-state index is 5.51. The predicted octanol–water partition coefficient (Wildman–Crippen LogP) is 4.82. The minimum absolute atomic E-state index is 0.607. The highest BCUT2D eigenvalue weighted by atomic mass is 16.5. The van der Waals surface area contributed by atoms with E-state index in [0.717, 1.165) is 0 Å². The van der Waals surface area contributed by atoms with Crippen LogP contribution >= 0.6 is 0 Å². The van der Waals surface area contributed by atoms with E-state index in [1.54, 1.807) is 6.26 Å². The third-order valence-corrected chi connectivity index (χ3v) is 2.71. The summed E-state index contributed by atoms with van der Waals surface area (Å²) in [4.78, 5) is 0. The Balaban J connectivity index is 1.84. The van der Waals surface area contributed by atoms with Gasteiger partial charge in [0.05, 0.1) is 6.26 Å². The maximum absolute atomic E-state index is 5.51. The molecule has 1 nitrogen and oxygen atoms in total. The Kier molecular flexibility index (Phi) is 5.00. The molecule has 0 unspecified atom stereocenters. The lowest BCUT2D eigenvalue weighted by molar-refractivity contribution is 0.236. The molecule has 0 saturated carbocycles. The van der Waals surface area contributed by atoms with Crippen molar-refractivity contribution in [2.75, 3.05) is 0 Å². The molecular formula is C18H18O. The Labute approximate surface area is 114 Å². The summed E-state index contributed by atoms with van der Waals surface area (Å²) in [5.41, 5.74) is 3.55. The van der Waals surface area contributed by atoms with Gasteiger partial charge in [-0.25, -0.2) is 0 Å². The Morgan fingerprint density at radius 2 is 1.58 bits per heavy atom. The highest BCUT2D eigenvalue weighted by Gasteiger charge is 1.89. The minimum atomic E-state index is 0.607. The third-order valence-electron chi connectivity index (χ3n) is 2.71. The summed E-state index contributed by atoms with van der Waals surface area (Å²) >= 11 is 0. The highest BCUT2D eigenvalue weighted by Crippen LogP contribution is 2.07. The van der Waals surface area contributed by atoms with Crippen LogP contribution in [0.25, 0.3) is 6.08 Å². The topological polar surface area (TPSA) is 9.23 Å². The first-order chi connectivity index (χ1) is 9.34. The van der Waals surface area contributed by atoms with Gasteiger partial charge in [-0.05, 0) is 29.7 Å². The number of benzene rings is 2. The Hall–Kier alpha value is -2.28. The molecule has 2 aromatic rings. The molecule has 0 bridgehead atoms. The molecule has 0 amide bonds. The molecule has 1 heteroatoms. The minimum Gasteiger partial charge on any atom is -0.497 e. The maximum Gasteiger partial charge on any atom is 0.112 e. The van der Waals surface area contributed by atoms with Crippen molar-refractivity contribution < 1.29 is 4.74 Å². The fraction of sp³-hybridized carbons (Fsp3) is 0.111. The normalized spacial score (nSPS) is 11.7. The number of allylic oxidation sites excluding steroid dienone is 2. The van der Waals surface area contributed by atoms with Crippen LogP contribution in [0.1, 0.15) is 18.1 Å². The SMILES string of the molecule is CC(=C/c1ccccc1)/C=C/OCc1ccccc1. The molecular weight excluding hydrogens is 232 g/mol. The lowest BCUT2D eigenvalue weighted by Crippen LogP contribution is -1.85. The fourth-order valence-electron chi connectivity index (χ4n) is 1.73. The summed E-state index contributed by atoms with van der Waals surface area (Å²) in [7, 11) is 0. The second-order valence-corrected chi connectivity index (χ2v) is 4.40. The molecule has 2 aromatic carbocycles. The molecule has 0 heterocycles. The summed E-state index contributed by atoms with van der Waals surface area (Å²) in [5.74, 6) is 0. The van der Waals surface area contributed by atoms with Crippen LogP contribution in [0.5, 0.6) is 0 Å². The smallest absolute Gasteiger partial charge is 0.112 e. The molecule has 0 radical (unpaired) electrons. The number of hydrogen-bond donors (Lipinski definition) is 0. The van der Waals surface area contributed by atoms with Crippen LogP contribution in [0.2, 0.25) is 0 Å². The van der Waals surface area contributed by atoms with Gasteiger partial charge in [0.15, 0.2) is 0 Å². The van der Waals surface area contributed by atoms with Crippen molar-refractivity contribution in [3.8, 4) is 0 Å². The van der Waals surface area contributed by atoms with Crippen molar-refractivity contribution in [3.05, 3.63) is 89.7 Å². The van der Waals surface area contributed by atoms with E-state index in [1.165, 1.54) is 16.7 Å². The average Bonchev–Trinajstić information content (AvgIpc) is 2.46. The van der Waals surface area contributed by atoms with Crippen LogP contribution in [0.15, 0.2) is 78.6 Å². The summed E-state index contributed by atoms with van der Waals surface area (Å²) in [5, 5.41) is 0. The largest absolute Gasteiger partial charge is 0.497 e. The predicted molar refractivity (Wildman–Crippen MR) is 80.5 cm³/mol. The van der Waals surface area contributed by atoms with Gasteiger partial charge < -0.3 is 4.74 Å². The Bertz CT molecular complexity index is 538. The second kappa shape index (κ2) is 7.22. The molecule has 0 saturated heterocycles. The van der Waals surface area contributed by atoms with Gasteiger partial charge in [-0.3, -0.25) is 0 Å². The zero-order valence-corrected chi connectivity index (χ0v) is 11.1. The Morgan fingerprint density at radius 3 is 2.26 bits per heavy atom. The molecule has 96 valence electrons. The van der Waals surface area contributed by atoms with E-state index in [4.69, 9.17) is 4.74 Å². The lowest BCUT2D eigenvalue weighted by atomic mass is 10.1. The first-order valence-corrected chi connectivity index (χ1v) is 6.40. The van der Waals surface area contributed by atoms with Gasteiger partial charge in [0.25, 0.3) is 0 Å². The average molecular weight is 250 g/mol. The van der Waals surface area contributed by atoms with Gasteiger partial charge in [0.1, 0.15) is 6.61 Å². The second-order valence-electron chi connectivity index (χ2n) is 4.40. The zero-order chi connectivity index (χ0) is 13.3. The zero-order valence-electron chi connectivity index (χ0n) is 11.1. The van der Waals surface area contributed by atoms with Crippen LogP contribution in [0.4, 0.5) is 0 Å². The van der Waals surface area contributed by atoms with Gasteiger partial charge in [-0.2, -0.15) is 0 Å². The highest BCUT2D eigenvalue weighted by molar-refractivity contribution is 5.54. The Morgan fingerprint density at radius 1 is 0.947 bits per heavy atom. The van der Waals surface area contributed by atoms with Crippen molar-refractivity contribution in [1.29, 1.82) is 0 Å². The quantitative estimate of drug-likeness (QED) is 0.546. The van der Waals surface area contributed by atoms with E-state index < -0.39 is 0 Å². The first kappa shape index (κ1) is 13.2. The molecule has 0 atom stereocenters. The number of ether oxygens (including phenoxy) is 1. The summed E-state index contributed by atoms with van der Waals surface area (Å²) < 4.78 is 5.51. The van der Waals surface area contributed by atoms with Gasteiger partial charge in [0.2, 0.25) is 0 Å². The number of rotatable bonds is 5. The molecule has 19 heavy (non-hydrogen) atoms. The molecule has 0 N–H and O–H groups in total. The molecule has 0 aliphatic rings. The summed E-state index contributed by atoms with van der Waals surface area (Å²) in [6, 6.07) is 20.4. The molecule has 0 aliphatic carbocycles. The van der Waals surface area contributed by atoms with Crippen LogP contribution in [0, 0.1) is 0 Å². The summed E-state index contributed by atoms with van der Waals surface area (Å²) in [6.07, 6.45) is 5.86. The lowest BCUT2D eigenvalue weighted by Gasteiger charge is -2.00. The van der Waals surface area contributed by atoms with Crippen LogP contribution in [0.3, 0.4) is 0 Å². The fourth-order valence-corrected chi connectivity index (χ4v) is 1.73. The van der Waals surface area contributed by atoms with E-state index in [9.17, 15) is 0 Å². The monoisotopic (exact) mass is 250 g/mol. The van der Waals surface area contributed by atoms with Crippen molar-refractivity contribution in [1.82, 2.24) is 0 Å². The van der Waals surface area contributed by atoms with Crippen LogP contribution < -0.4 is 0 Å².